The minimum absolute atomic E-state index is 0.221. The molecule has 3 rings (SSSR count). The molecule has 6 nitrogen and oxygen atoms in total. The van der Waals surface area contributed by atoms with Crippen molar-refractivity contribution in [2.45, 2.75) is 31.6 Å². The molecular formula is C15H20N4O2S. The summed E-state index contributed by atoms with van der Waals surface area (Å²) in [5.41, 5.74) is 3.94. The lowest BCUT2D eigenvalue weighted by atomic mass is 10.0. The zero-order valence-electron chi connectivity index (χ0n) is 13.0. The van der Waals surface area contributed by atoms with Crippen LogP contribution >= 0.6 is 0 Å². The molecular weight excluding hydrogens is 300 g/mol. The van der Waals surface area contributed by atoms with Gasteiger partial charge < -0.3 is 4.90 Å². The van der Waals surface area contributed by atoms with Gasteiger partial charge >= 0.3 is 0 Å². The van der Waals surface area contributed by atoms with Crippen LogP contribution in [0.4, 0.5) is 11.4 Å². The van der Waals surface area contributed by atoms with Crippen molar-refractivity contribution in [3.05, 3.63) is 35.2 Å². The SMILES string of the molecule is Cc1n[nH]c(C)c1S(=O)(=O)Nc1ccc2c(c1)N(C)CCC2. The van der Waals surface area contributed by atoms with Crippen LogP contribution in [-0.2, 0) is 16.4 Å². The number of hydrogen-bond donors (Lipinski definition) is 2. The van der Waals surface area contributed by atoms with Gasteiger partial charge in [-0.05, 0) is 44.4 Å². The largest absolute Gasteiger partial charge is 0.374 e. The molecule has 7 heteroatoms. The van der Waals surface area contributed by atoms with Gasteiger partial charge in [0.05, 0.1) is 17.1 Å². The Hall–Kier alpha value is -2.02. The van der Waals surface area contributed by atoms with Gasteiger partial charge in [-0.1, -0.05) is 6.07 Å². The molecule has 0 fully saturated rings. The van der Waals surface area contributed by atoms with Crippen LogP contribution in [0.25, 0.3) is 0 Å². The van der Waals surface area contributed by atoms with E-state index in [0.29, 0.717) is 17.1 Å². The molecule has 2 aromatic rings. The fourth-order valence-electron chi connectivity index (χ4n) is 2.96. The van der Waals surface area contributed by atoms with Gasteiger partial charge in [0, 0.05) is 19.3 Å². The second-order valence-electron chi connectivity index (χ2n) is 5.74. The number of aromatic nitrogens is 2. The summed E-state index contributed by atoms with van der Waals surface area (Å²) < 4.78 is 27.8. The number of rotatable bonds is 3. The number of fused-ring (bicyclic) bond motifs is 1. The Labute approximate surface area is 130 Å². The number of anilines is 2. The first kappa shape index (κ1) is 14.9. The number of aromatic amines is 1. The lowest BCUT2D eigenvalue weighted by Gasteiger charge is -2.28. The molecule has 118 valence electrons. The van der Waals surface area contributed by atoms with Crippen LogP contribution in [-0.4, -0.2) is 32.2 Å². The van der Waals surface area contributed by atoms with Gasteiger partial charge in [0.15, 0.2) is 0 Å². The maximum absolute atomic E-state index is 12.6. The van der Waals surface area contributed by atoms with Gasteiger partial charge in [-0.3, -0.25) is 9.82 Å². The van der Waals surface area contributed by atoms with Gasteiger partial charge in [0.1, 0.15) is 4.90 Å². The molecule has 0 radical (unpaired) electrons. The van der Waals surface area contributed by atoms with Crippen LogP contribution in [0.15, 0.2) is 23.1 Å². The van der Waals surface area contributed by atoms with Crippen LogP contribution in [0.2, 0.25) is 0 Å². The molecule has 1 aromatic heterocycles. The molecule has 1 aliphatic heterocycles. The van der Waals surface area contributed by atoms with Gasteiger partial charge in [0.25, 0.3) is 10.0 Å². The van der Waals surface area contributed by atoms with Crippen LogP contribution in [0.3, 0.4) is 0 Å². The number of benzene rings is 1. The predicted molar refractivity (Wildman–Crippen MR) is 86.9 cm³/mol. The minimum Gasteiger partial charge on any atom is -0.374 e. The number of sulfonamides is 1. The number of hydrogen-bond acceptors (Lipinski definition) is 4. The van der Waals surface area contributed by atoms with E-state index in [1.807, 2.05) is 25.2 Å². The van der Waals surface area contributed by atoms with Crippen molar-refractivity contribution in [1.29, 1.82) is 0 Å². The molecule has 22 heavy (non-hydrogen) atoms. The number of aryl methyl sites for hydroxylation is 3. The Balaban J connectivity index is 1.95. The lowest BCUT2D eigenvalue weighted by Crippen LogP contribution is -2.25. The topological polar surface area (TPSA) is 78.1 Å². The summed E-state index contributed by atoms with van der Waals surface area (Å²) >= 11 is 0. The second kappa shape index (κ2) is 5.31. The van der Waals surface area contributed by atoms with E-state index in [0.717, 1.165) is 25.1 Å². The highest BCUT2D eigenvalue weighted by molar-refractivity contribution is 7.92. The molecule has 2 N–H and O–H groups in total. The monoisotopic (exact) mass is 320 g/mol. The highest BCUT2D eigenvalue weighted by Crippen LogP contribution is 2.30. The third-order valence-electron chi connectivity index (χ3n) is 4.02. The minimum atomic E-state index is -3.64. The Kier molecular flexibility index (Phi) is 3.60. The van der Waals surface area contributed by atoms with E-state index in [9.17, 15) is 8.42 Å². The molecule has 0 aliphatic carbocycles. The Morgan fingerprint density at radius 2 is 2.09 bits per heavy atom. The Morgan fingerprint density at radius 3 is 2.77 bits per heavy atom. The quantitative estimate of drug-likeness (QED) is 0.909. The van der Waals surface area contributed by atoms with Gasteiger partial charge in [-0.15, -0.1) is 0 Å². The summed E-state index contributed by atoms with van der Waals surface area (Å²) in [5.74, 6) is 0. The summed E-state index contributed by atoms with van der Waals surface area (Å²) in [6.45, 7) is 4.37. The summed E-state index contributed by atoms with van der Waals surface area (Å²) in [6.07, 6.45) is 2.16. The van der Waals surface area contributed by atoms with Crippen molar-refractivity contribution < 1.29 is 8.42 Å². The molecule has 0 atom stereocenters. The first-order chi connectivity index (χ1) is 10.4. The van der Waals surface area contributed by atoms with Crippen molar-refractivity contribution >= 4 is 21.4 Å². The Bertz CT molecular complexity index is 791. The summed E-state index contributed by atoms with van der Waals surface area (Å²) in [4.78, 5) is 2.38. The fourth-order valence-corrected chi connectivity index (χ4v) is 4.39. The zero-order chi connectivity index (χ0) is 15.9. The van der Waals surface area contributed by atoms with Crippen molar-refractivity contribution in [2.24, 2.45) is 0 Å². The molecule has 2 heterocycles. The molecule has 0 saturated heterocycles. The van der Waals surface area contributed by atoms with Gasteiger partial charge in [-0.2, -0.15) is 5.10 Å². The Morgan fingerprint density at radius 1 is 1.32 bits per heavy atom. The number of nitrogens with zero attached hydrogens (tertiary/aromatic N) is 2. The average molecular weight is 320 g/mol. The molecule has 1 aromatic carbocycles. The molecule has 0 unspecified atom stereocenters. The van der Waals surface area contributed by atoms with Crippen molar-refractivity contribution in [1.82, 2.24) is 10.2 Å². The highest BCUT2D eigenvalue weighted by atomic mass is 32.2. The van der Waals surface area contributed by atoms with Crippen LogP contribution in [0.1, 0.15) is 23.4 Å². The van der Waals surface area contributed by atoms with E-state index in [1.54, 1.807) is 13.8 Å². The van der Waals surface area contributed by atoms with Crippen LogP contribution in [0, 0.1) is 13.8 Å². The van der Waals surface area contributed by atoms with Gasteiger partial charge in [0.2, 0.25) is 0 Å². The maximum atomic E-state index is 12.6. The molecule has 0 saturated carbocycles. The fraction of sp³-hybridized carbons (Fsp3) is 0.400. The molecule has 0 bridgehead atoms. The lowest BCUT2D eigenvalue weighted by molar-refractivity contribution is 0.600. The second-order valence-corrected chi connectivity index (χ2v) is 7.36. The van der Waals surface area contributed by atoms with Crippen molar-refractivity contribution in [3.8, 4) is 0 Å². The first-order valence-corrected chi connectivity index (χ1v) is 8.75. The third kappa shape index (κ3) is 2.56. The maximum Gasteiger partial charge on any atom is 0.265 e. The first-order valence-electron chi connectivity index (χ1n) is 7.27. The summed E-state index contributed by atoms with van der Waals surface area (Å²) in [5, 5.41) is 6.66. The standard InChI is InChI=1S/C15H20N4O2S/c1-10-15(11(2)17-16-10)22(20,21)18-13-7-6-12-5-4-8-19(3)14(12)9-13/h6-7,9,18H,4-5,8H2,1-3H3,(H,16,17). The smallest absolute Gasteiger partial charge is 0.265 e. The van der Waals surface area contributed by atoms with E-state index >= 15 is 0 Å². The molecule has 0 spiro atoms. The number of H-pyrrole nitrogens is 1. The average Bonchev–Trinajstić information content (AvgIpc) is 2.79. The highest BCUT2D eigenvalue weighted by Gasteiger charge is 2.23. The van der Waals surface area contributed by atoms with Crippen LogP contribution < -0.4 is 9.62 Å². The number of nitrogens with one attached hydrogen (secondary N) is 2. The van der Waals surface area contributed by atoms with Crippen molar-refractivity contribution in [3.63, 3.8) is 0 Å². The van der Waals surface area contributed by atoms with Crippen LogP contribution in [0.5, 0.6) is 0 Å². The molecule has 1 aliphatic rings. The zero-order valence-corrected chi connectivity index (χ0v) is 13.8. The van der Waals surface area contributed by atoms with E-state index in [1.165, 1.54) is 5.56 Å². The van der Waals surface area contributed by atoms with Crippen molar-refractivity contribution in [2.75, 3.05) is 23.2 Å². The predicted octanol–water partition coefficient (Wildman–Crippen LogP) is 2.21. The van der Waals surface area contributed by atoms with E-state index in [2.05, 4.69) is 19.8 Å². The summed E-state index contributed by atoms with van der Waals surface area (Å²) in [7, 11) is -1.61. The third-order valence-corrected chi connectivity index (χ3v) is 5.66. The van der Waals surface area contributed by atoms with E-state index < -0.39 is 10.0 Å². The normalized spacial score (nSPS) is 14.8. The van der Waals surface area contributed by atoms with Gasteiger partial charge in [-0.25, -0.2) is 8.42 Å². The van der Waals surface area contributed by atoms with E-state index in [-0.39, 0.29) is 4.90 Å². The molecule has 0 amide bonds. The summed E-state index contributed by atoms with van der Waals surface area (Å²) in [6, 6.07) is 5.72. The van der Waals surface area contributed by atoms with E-state index in [4.69, 9.17) is 0 Å².